The average molecular weight is 250 g/mol. The zero-order valence-corrected chi connectivity index (χ0v) is 13.4. The van der Waals surface area contributed by atoms with Crippen molar-refractivity contribution in [2.75, 3.05) is 7.11 Å². The van der Waals surface area contributed by atoms with Gasteiger partial charge < -0.3 is 4.65 Å². The van der Waals surface area contributed by atoms with Gasteiger partial charge >= 0.3 is 0 Å². The fraction of sp³-hybridized carbons (Fsp3) is 1.00. The largest absolute Gasteiger partial charge is 0.438 e. The van der Waals surface area contributed by atoms with Crippen LogP contribution in [0.3, 0.4) is 0 Å². The van der Waals surface area contributed by atoms with Crippen molar-refractivity contribution in [3.8, 4) is 0 Å². The molecule has 3 aliphatic rings. The molecule has 104 valence electrons. The summed E-state index contributed by atoms with van der Waals surface area (Å²) in [5.41, 5.74) is 0.593. The van der Waals surface area contributed by atoms with Crippen LogP contribution >= 0.6 is 0 Å². The Morgan fingerprint density at radius 3 is 2.17 bits per heavy atom. The minimum atomic E-state index is 0.460. The zero-order valence-electron chi connectivity index (χ0n) is 13.4. The van der Waals surface area contributed by atoms with E-state index in [1.165, 1.54) is 12.8 Å². The van der Waals surface area contributed by atoms with Crippen LogP contribution in [0.4, 0.5) is 0 Å². The van der Waals surface area contributed by atoms with Gasteiger partial charge in [0.15, 0.2) is 0 Å². The van der Waals surface area contributed by atoms with E-state index in [1.54, 1.807) is 0 Å². The summed E-state index contributed by atoms with van der Waals surface area (Å²) in [6, 6.07) is 0. The predicted molar refractivity (Wildman–Crippen MR) is 79.9 cm³/mol. The van der Waals surface area contributed by atoms with Gasteiger partial charge in [0.1, 0.15) is 0 Å². The van der Waals surface area contributed by atoms with Gasteiger partial charge in [0.25, 0.3) is 6.92 Å². The number of rotatable bonds is 4. The molecule has 0 radical (unpaired) electrons. The first-order valence-electron chi connectivity index (χ1n) is 7.83. The molecule has 0 aromatic carbocycles. The van der Waals surface area contributed by atoms with Crippen LogP contribution < -0.4 is 0 Å². The molecule has 2 bridgehead atoms. The molecule has 5 atom stereocenters. The molecule has 0 aromatic heterocycles. The Labute approximate surface area is 114 Å². The van der Waals surface area contributed by atoms with Crippen molar-refractivity contribution in [2.24, 2.45) is 29.1 Å². The highest BCUT2D eigenvalue weighted by Gasteiger charge is 2.58. The minimum absolute atomic E-state index is 0.460. The van der Waals surface area contributed by atoms with Gasteiger partial charge in [-0.3, -0.25) is 0 Å². The predicted octanol–water partition coefficient (Wildman–Crippen LogP) is 4.74. The lowest BCUT2D eigenvalue weighted by atomic mass is 9.32. The maximum atomic E-state index is 5.92. The van der Waals surface area contributed by atoms with E-state index in [0.29, 0.717) is 24.1 Å². The van der Waals surface area contributed by atoms with Crippen LogP contribution in [0.5, 0.6) is 0 Å². The van der Waals surface area contributed by atoms with Gasteiger partial charge in [0, 0.05) is 7.11 Å². The van der Waals surface area contributed by atoms with Crippen LogP contribution in [0.1, 0.15) is 54.4 Å². The lowest BCUT2D eigenvalue weighted by Gasteiger charge is -2.63. The molecule has 3 fully saturated rings. The molecule has 1 nitrogen and oxygen atoms in total. The first-order chi connectivity index (χ1) is 8.30. The summed E-state index contributed by atoms with van der Waals surface area (Å²) in [4.78, 5) is 0. The molecule has 0 heterocycles. The Balaban J connectivity index is 2.10. The average Bonchev–Trinajstić information content (AvgIpc) is 2.30. The van der Waals surface area contributed by atoms with E-state index >= 15 is 0 Å². The van der Waals surface area contributed by atoms with E-state index in [4.69, 9.17) is 4.65 Å². The van der Waals surface area contributed by atoms with Crippen LogP contribution in [0.15, 0.2) is 0 Å². The van der Waals surface area contributed by atoms with Crippen LogP contribution in [-0.4, -0.2) is 14.0 Å². The smallest absolute Gasteiger partial charge is 0.299 e. The Morgan fingerprint density at radius 1 is 1.17 bits per heavy atom. The summed E-state index contributed by atoms with van der Waals surface area (Å²) in [5.74, 6) is 4.87. The summed E-state index contributed by atoms with van der Waals surface area (Å²) < 4.78 is 5.92. The molecule has 0 aliphatic heterocycles. The van der Waals surface area contributed by atoms with Crippen molar-refractivity contribution < 1.29 is 4.65 Å². The van der Waals surface area contributed by atoms with Crippen LogP contribution in [-0.2, 0) is 4.65 Å². The topological polar surface area (TPSA) is 9.23 Å². The highest BCUT2D eigenvalue weighted by Crippen LogP contribution is 2.65. The van der Waals surface area contributed by atoms with Crippen molar-refractivity contribution in [2.45, 2.75) is 66.0 Å². The zero-order chi connectivity index (χ0) is 13.7. The molecule has 1 unspecified atom stereocenters. The van der Waals surface area contributed by atoms with Gasteiger partial charge in [-0.2, -0.15) is 0 Å². The monoisotopic (exact) mass is 250 g/mol. The molecule has 0 saturated heterocycles. The summed E-state index contributed by atoms with van der Waals surface area (Å²) in [6.45, 7) is 14.9. The Kier molecular flexibility index (Phi) is 3.89. The van der Waals surface area contributed by atoms with Crippen LogP contribution in [0.2, 0.25) is 11.6 Å². The van der Waals surface area contributed by atoms with E-state index in [9.17, 15) is 0 Å². The Bertz CT molecular complexity index is 299. The highest BCUT2D eigenvalue weighted by molar-refractivity contribution is 6.55. The van der Waals surface area contributed by atoms with Gasteiger partial charge in [0.2, 0.25) is 0 Å². The van der Waals surface area contributed by atoms with Gasteiger partial charge in [0.05, 0.1) is 0 Å². The third-order valence-corrected chi connectivity index (χ3v) is 6.68. The lowest BCUT2D eigenvalue weighted by Crippen LogP contribution is -2.56. The second kappa shape index (κ2) is 4.85. The normalized spacial score (nSPS) is 39.3. The van der Waals surface area contributed by atoms with Gasteiger partial charge in [-0.05, 0) is 47.1 Å². The molecule has 0 spiro atoms. The molecule has 3 rings (SSSR count). The third-order valence-electron chi connectivity index (χ3n) is 6.68. The minimum Gasteiger partial charge on any atom is -0.438 e. The lowest BCUT2D eigenvalue weighted by molar-refractivity contribution is -0.101. The fourth-order valence-electron chi connectivity index (χ4n) is 4.78. The van der Waals surface area contributed by atoms with Crippen LogP contribution in [0.25, 0.3) is 0 Å². The first-order valence-corrected chi connectivity index (χ1v) is 7.83. The van der Waals surface area contributed by atoms with E-state index < -0.39 is 0 Å². The first kappa shape index (κ1) is 14.4. The van der Waals surface area contributed by atoms with E-state index in [-0.39, 0.29) is 0 Å². The molecule has 3 saturated carbocycles. The standard InChI is InChI=1S/C16H31BO/c1-10(2)12(4)17(18-7)15-9-13-8-14(11(15)3)16(13,5)6/h10-15H,8-9H2,1-7H3/t11-,12?,13+,14+,15+/m0/s1. The van der Waals surface area contributed by atoms with E-state index in [0.717, 1.165) is 23.6 Å². The van der Waals surface area contributed by atoms with E-state index in [2.05, 4.69) is 41.5 Å². The summed E-state index contributed by atoms with van der Waals surface area (Å²) in [5, 5.41) is 0. The van der Waals surface area contributed by atoms with Gasteiger partial charge in [-0.1, -0.05) is 48.0 Å². The molecule has 18 heavy (non-hydrogen) atoms. The maximum Gasteiger partial charge on any atom is 0.299 e. The Morgan fingerprint density at radius 2 is 1.78 bits per heavy atom. The van der Waals surface area contributed by atoms with Crippen molar-refractivity contribution in [3.05, 3.63) is 0 Å². The fourth-order valence-corrected chi connectivity index (χ4v) is 4.78. The van der Waals surface area contributed by atoms with Crippen molar-refractivity contribution in [1.29, 1.82) is 0 Å². The Hall–Kier alpha value is 0.0249. The summed E-state index contributed by atoms with van der Waals surface area (Å²) >= 11 is 0. The molecule has 0 N–H and O–H groups in total. The molecular formula is C16H31BO. The van der Waals surface area contributed by atoms with Gasteiger partial charge in [-0.15, -0.1) is 0 Å². The summed E-state index contributed by atoms with van der Waals surface area (Å²) in [6.07, 6.45) is 2.86. The third kappa shape index (κ3) is 2.05. The number of hydrogen-bond acceptors (Lipinski definition) is 1. The van der Waals surface area contributed by atoms with Crippen molar-refractivity contribution >= 4 is 6.92 Å². The maximum absolute atomic E-state index is 5.92. The quantitative estimate of drug-likeness (QED) is 0.654. The van der Waals surface area contributed by atoms with Crippen molar-refractivity contribution in [1.82, 2.24) is 0 Å². The molecule has 2 heteroatoms. The summed E-state index contributed by atoms with van der Waals surface area (Å²) in [7, 11) is 1.92. The molecule has 0 amide bonds. The van der Waals surface area contributed by atoms with Crippen molar-refractivity contribution in [3.63, 3.8) is 0 Å². The second-order valence-electron chi connectivity index (χ2n) is 7.92. The molecule has 3 aliphatic carbocycles. The second-order valence-corrected chi connectivity index (χ2v) is 7.92. The molecular weight excluding hydrogens is 219 g/mol. The van der Waals surface area contributed by atoms with E-state index in [1.807, 2.05) is 7.11 Å². The van der Waals surface area contributed by atoms with Gasteiger partial charge in [-0.25, -0.2) is 0 Å². The van der Waals surface area contributed by atoms with Crippen LogP contribution in [0, 0.1) is 29.1 Å². The highest BCUT2D eigenvalue weighted by atomic mass is 16.4. The number of hydrogen-bond donors (Lipinski definition) is 0. The molecule has 0 aromatic rings. The SMILES string of the molecule is COB(C(C)C(C)C)[C@@H]1C[C@H]2C[C@H]([C@@H]1C)C2(C)C. The number of fused-ring (bicyclic) bond motifs is 2.